The Balaban J connectivity index is 2.22. The summed E-state index contributed by atoms with van der Waals surface area (Å²) in [6, 6.07) is 0. The van der Waals surface area contributed by atoms with Gasteiger partial charge in [-0.05, 0) is 18.8 Å². The molecule has 1 saturated carbocycles. The van der Waals surface area contributed by atoms with Crippen LogP contribution in [0.1, 0.15) is 84.5 Å². The van der Waals surface area contributed by atoms with Crippen LogP contribution in [0.25, 0.3) is 0 Å². The second-order valence-electron chi connectivity index (χ2n) is 6.11. The maximum Gasteiger partial charge on any atom is 0.0575 e. The lowest BCUT2D eigenvalue weighted by atomic mass is 9.99. The van der Waals surface area contributed by atoms with Gasteiger partial charge >= 0.3 is 0 Å². The molecule has 0 aromatic heterocycles. The van der Waals surface area contributed by atoms with Crippen LogP contribution in [0, 0.1) is 5.92 Å². The standard InChI is InChI=1S/C16H32O/c1-15(2)14-17-16-12-10-8-6-4-3-5-7-9-11-13-16/h15-16H,3-14H2,1-2H3. The lowest BCUT2D eigenvalue weighted by Crippen LogP contribution is -2.16. The maximum atomic E-state index is 6.05. The van der Waals surface area contributed by atoms with Gasteiger partial charge in [-0.25, -0.2) is 0 Å². The SMILES string of the molecule is CC(C)COC1CCCCCCCCCCC1. The smallest absolute Gasteiger partial charge is 0.0575 e. The van der Waals surface area contributed by atoms with E-state index in [2.05, 4.69) is 13.8 Å². The molecule has 0 bridgehead atoms. The van der Waals surface area contributed by atoms with Crippen molar-refractivity contribution in [1.82, 2.24) is 0 Å². The van der Waals surface area contributed by atoms with Gasteiger partial charge in [-0.3, -0.25) is 0 Å². The van der Waals surface area contributed by atoms with Crippen LogP contribution in [0.4, 0.5) is 0 Å². The molecule has 1 rings (SSSR count). The highest BCUT2D eigenvalue weighted by molar-refractivity contribution is 4.62. The first-order chi connectivity index (χ1) is 8.29. The molecule has 1 fully saturated rings. The average molecular weight is 240 g/mol. The number of hydrogen-bond acceptors (Lipinski definition) is 1. The fourth-order valence-corrected chi connectivity index (χ4v) is 2.62. The maximum absolute atomic E-state index is 6.05. The lowest BCUT2D eigenvalue weighted by Gasteiger charge is -2.20. The van der Waals surface area contributed by atoms with E-state index >= 15 is 0 Å². The third kappa shape index (κ3) is 8.65. The summed E-state index contributed by atoms with van der Waals surface area (Å²) in [5, 5.41) is 0. The molecule has 0 aromatic carbocycles. The molecule has 0 N–H and O–H groups in total. The summed E-state index contributed by atoms with van der Waals surface area (Å²) in [7, 11) is 0. The Morgan fingerprint density at radius 2 is 1.18 bits per heavy atom. The number of rotatable bonds is 3. The van der Waals surface area contributed by atoms with Crippen molar-refractivity contribution in [1.29, 1.82) is 0 Å². The predicted molar refractivity (Wildman–Crippen MR) is 75.4 cm³/mol. The molecule has 1 nitrogen and oxygen atoms in total. The van der Waals surface area contributed by atoms with Crippen molar-refractivity contribution in [3.05, 3.63) is 0 Å². The Morgan fingerprint density at radius 1 is 0.765 bits per heavy atom. The van der Waals surface area contributed by atoms with Crippen LogP contribution in [-0.4, -0.2) is 12.7 Å². The fraction of sp³-hybridized carbons (Fsp3) is 1.00. The lowest BCUT2D eigenvalue weighted by molar-refractivity contribution is 0.0222. The van der Waals surface area contributed by atoms with Gasteiger partial charge in [-0.2, -0.15) is 0 Å². The highest BCUT2D eigenvalue weighted by atomic mass is 16.5. The molecule has 0 aliphatic heterocycles. The van der Waals surface area contributed by atoms with Gasteiger partial charge in [0.2, 0.25) is 0 Å². The molecule has 1 heteroatoms. The van der Waals surface area contributed by atoms with Crippen molar-refractivity contribution < 1.29 is 4.74 Å². The first-order valence-electron chi connectivity index (χ1n) is 7.90. The first kappa shape index (κ1) is 15.0. The Hall–Kier alpha value is -0.0400. The summed E-state index contributed by atoms with van der Waals surface area (Å²) in [6.07, 6.45) is 16.0. The summed E-state index contributed by atoms with van der Waals surface area (Å²) in [6.45, 7) is 5.44. The van der Waals surface area contributed by atoms with E-state index in [4.69, 9.17) is 4.74 Å². The Bertz CT molecular complexity index is 153. The second-order valence-corrected chi connectivity index (χ2v) is 6.11. The molecule has 0 saturated heterocycles. The molecule has 0 unspecified atom stereocenters. The van der Waals surface area contributed by atoms with E-state index < -0.39 is 0 Å². The minimum Gasteiger partial charge on any atom is -0.378 e. The average Bonchev–Trinajstić information content (AvgIpc) is 2.28. The summed E-state index contributed by atoms with van der Waals surface area (Å²) >= 11 is 0. The minimum atomic E-state index is 0.553. The predicted octanol–water partition coefficient (Wildman–Crippen LogP) is 5.33. The summed E-state index contributed by atoms with van der Waals surface area (Å²) in [5.74, 6) is 0.677. The highest BCUT2D eigenvalue weighted by Crippen LogP contribution is 2.19. The van der Waals surface area contributed by atoms with Gasteiger partial charge in [0, 0.05) is 6.61 Å². The second kappa shape index (κ2) is 9.94. The molecule has 0 aromatic rings. The van der Waals surface area contributed by atoms with E-state index in [9.17, 15) is 0 Å². The third-order valence-corrected chi connectivity index (χ3v) is 3.72. The van der Waals surface area contributed by atoms with Crippen LogP contribution in [0.5, 0.6) is 0 Å². The Kier molecular flexibility index (Phi) is 8.78. The van der Waals surface area contributed by atoms with Gasteiger partial charge in [0.05, 0.1) is 6.10 Å². The molecule has 0 spiro atoms. The fourth-order valence-electron chi connectivity index (χ4n) is 2.62. The Labute approximate surface area is 108 Å². The van der Waals surface area contributed by atoms with Crippen LogP contribution in [0.15, 0.2) is 0 Å². The van der Waals surface area contributed by atoms with Gasteiger partial charge in [0.15, 0.2) is 0 Å². The molecule has 0 radical (unpaired) electrons. The summed E-state index contributed by atoms with van der Waals surface area (Å²) in [5.41, 5.74) is 0. The van der Waals surface area contributed by atoms with E-state index in [-0.39, 0.29) is 0 Å². The van der Waals surface area contributed by atoms with Crippen molar-refractivity contribution >= 4 is 0 Å². The highest BCUT2D eigenvalue weighted by Gasteiger charge is 2.10. The molecular weight excluding hydrogens is 208 g/mol. The van der Waals surface area contributed by atoms with E-state index in [1.165, 1.54) is 70.6 Å². The summed E-state index contributed by atoms with van der Waals surface area (Å²) < 4.78 is 6.05. The van der Waals surface area contributed by atoms with Crippen molar-refractivity contribution in [3.8, 4) is 0 Å². The van der Waals surface area contributed by atoms with Gasteiger partial charge in [-0.15, -0.1) is 0 Å². The zero-order valence-electron chi connectivity index (χ0n) is 12.0. The van der Waals surface area contributed by atoms with Crippen molar-refractivity contribution in [2.24, 2.45) is 5.92 Å². The summed E-state index contributed by atoms with van der Waals surface area (Å²) in [4.78, 5) is 0. The van der Waals surface area contributed by atoms with Crippen molar-refractivity contribution in [2.75, 3.05) is 6.61 Å². The van der Waals surface area contributed by atoms with Gasteiger partial charge < -0.3 is 4.74 Å². The molecular formula is C16H32O. The molecule has 0 heterocycles. The minimum absolute atomic E-state index is 0.553. The topological polar surface area (TPSA) is 9.23 Å². The van der Waals surface area contributed by atoms with E-state index in [1.807, 2.05) is 0 Å². The van der Waals surface area contributed by atoms with E-state index in [0.717, 1.165) is 6.61 Å². The van der Waals surface area contributed by atoms with Gasteiger partial charge in [0.25, 0.3) is 0 Å². The van der Waals surface area contributed by atoms with E-state index in [0.29, 0.717) is 12.0 Å². The largest absolute Gasteiger partial charge is 0.378 e. The van der Waals surface area contributed by atoms with Crippen LogP contribution >= 0.6 is 0 Å². The third-order valence-electron chi connectivity index (χ3n) is 3.72. The van der Waals surface area contributed by atoms with E-state index in [1.54, 1.807) is 0 Å². The molecule has 0 atom stereocenters. The molecule has 102 valence electrons. The Morgan fingerprint density at radius 3 is 1.59 bits per heavy atom. The van der Waals surface area contributed by atoms with Crippen LogP contribution in [0.3, 0.4) is 0 Å². The van der Waals surface area contributed by atoms with Crippen LogP contribution in [0.2, 0.25) is 0 Å². The molecule has 17 heavy (non-hydrogen) atoms. The number of ether oxygens (including phenoxy) is 1. The molecule has 1 aliphatic rings. The molecule has 1 aliphatic carbocycles. The van der Waals surface area contributed by atoms with Gasteiger partial charge in [-0.1, -0.05) is 71.6 Å². The van der Waals surface area contributed by atoms with Crippen LogP contribution in [-0.2, 0) is 4.74 Å². The van der Waals surface area contributed by atoms with Crippen molar-refractivity contribution in [3.63, 3.8) is 0 Å². The zero-order valence-corrected chi connectivity index (χ0v) is 12.0. The van der Waals surface area contributed by atoms with Crippen LogP contribution < -0.4 is 0 Å². The number of hydrogen-bond donors (Lipinski definition) is 0. The normalized spacial score (nSPS) is 22.1. The molecule has 0 amide bonds. The quantitative estimate of drug-likeness (QED) is 0.647. The zero-order chi connectivity index (χ0) is 12.3. The van der Waals surface area contributed by atoms with Crippen molar-refractivity contribution in [2.45, 2.75) is 90.6 Å². The monoisotopic (exact) mass is 240 g/mol. The first-order valence-corrected chi connectivity index (χ1v) is 7.90. The van der Waals surface area contributed by atoms with Gasteiger partial charge in [0.1, 0.15) is 0 Å².